The number of anilines is 1. The normalized spacial score (nSPS) is 11.8. The third-order valence-electron chi connectivity index (χ3n) is 1.50. The molecular formula is C8H8BrF2NO2S2. The lowest BCUT2D eigenvalue weighted by Crippen LogP contribution is -2.12. The fourth-order valence-corrected chi connectivity index (χ4v) is 2.30. The van der Waals surface area contributed by atoms with Crippen LogP contribution < -0.4 is 4.72 Å². The molecule has 0 aliphatic heterocycles. The van der Waals surface area contributed by atoms with Gasteiger partial charge in [-0.15, -0.1) is 0 Å². The van der Waals surface area contributed by atoms with Gasteiger partial charge in [0.2, 0.25) is 10.0 Å². The molecule has 1 aromatic rings. The summed E-state index contributed by atoms with van der Waals surface area (Å²) < 4.78 is 48.3. The molecule has 0 aromatic heterocycles. The summed E-state index contributed by atoms with van der Waals surface area (Å²) in [6.45, 7) is 0. The minimum Gasteiger partial charge on any atom is -0.283 e. The van der Waals surface area contributed by atoms with Gasteiger partial charge >= 0.3 is 0 Å². The Balaban J connectivity index is 2.72. The number of benzene rings is 1. The smallest absolute Gasteiger partial charge is 0.283 e. The molecule has 90 valence electrons. The largest absolute Gasteiger partial charge is 0.288 e. The van der Waals surface area contributed by atoms with E-state index in [4.69, 9.17) is 0 Å². The standard InChI is InChI=1S/C8H8BrF2NO2S2/c9-5-16(13,14)12-6-1-3-7(4-2-6)15-8(10)11/h1-4,8,12H,5H2. The Morgan fingerprint density at radius 1 is 1.31 bits per heavy atom. The molecule has 0 heterocycles. The van der Waals surface area contributed by atoms with E-state index in [1.807, 2.05) is 0 Å². The van der Waals surface area contributed by atoms with Crippen molar-refractivity contribution in [3.05, 3.63) is 24.3 Å². The molecule has 0 fully saturated rings. The van der Waals surface area contributed by atoms with Crippen LogP contribution in [0, 0.1) is 0 Å². The molecule has 0 aliphatic rings. The summed E-state index contributed by atoms with van der Waals surface area (Å²) in [5, 5.41) is 0. The maximum absolute atomic E-state index is 12.0. The fourth-order valence-electron chi connectivity index (χ4n) is 0.911. The number of hydrogen-bond acceptors (Lipinski definition) is 3. The molecule has 0 atom stereocenters. The molecule has 0 amide bonds. The highest BCUT2D eigenvalue weighted by atomic mass is 79.9. The van der Waals surface area contributed by atoms with Crippen molar-refractivity contribution in [2.75, 3.05) is 9.38 Å². The van der Waals surface area contributed by atoms with Gasteiger partial charge in [-0.25, -0.2) is 8.42 Å². The van der Waals surface area contributed by atoms with Gasteiger partial charge < -0.3 is 0 Å². The Bertz CT molecular complexity index is 436. The van der Waals surface area contributed by atoms with Crippen LogP contribution in [0.3, 0.4) is 0 Å². The molecule has 0 radical (unpaired) electrons. The SMILES string of the molecule is O=S(=O)(CBr)Nc1ccc(SC(F)F)cc1. The predicted molar refractivity (Wildman–Crippen MR) is 64.6 cm³/mol. The molecule has 0 bridgehead atoms. The van der Waals surface area contributed by atoms with Gasteiger partial charge in [-0.1, -0.05) is 27.7 Å². The van der Waals surface area contributed by atoms with Gasteiger partial charge in [0.1, 0.15) is 4.66 Å². The molecule has 0 unspecified atom stereocenters. The molecule has 8 heteroatoms. The minimum atomic E-state index is -3.40. The first-order valence-electron chi connectivity index (χ1n) is 4.04. The van der Waals surface area contributed by atoms with E-state index < -0.39 is 15.8 Å². The number of rotatable bonds is 5. The maximum atomic E-state index is 12.0. The zero-order chi connectivity index (χ0) is 12.2. The fraction of sp³-hybridized carbons (Fsp3) is 0.250. The Hall–Kier alpha value is -0.340. The highest BCUT2D eigenvalue weighted by Gasteiger charge is 2.08. The number of alkyl halides is 3. The van der Waals surface area contributed by atoms with Crippen LogP contribution >= 0.6 is 27.7 Å². The van der Waals surface area contributed by atoms with Crippen LogP contribution in [0.25, 0.3) is 0 Å². The van der Waals surface area contributed by atoms with E-state index in [1.165, 1.54) is 24.3 Å². The highest BCUT2D eigenvalue weighted by molar-refractivity contribution is 9.10. The molecule has 16 heavy (non-hydrogen) atoms. The van der Waals surface area contributed by atoms with E-state index in [1.54, 1.807) is 0 Å². The van der Waals surface area contributed by atoms with E-state index in [0.29, 0.717) is 22.3 Å². The van der Waals surface area contributed by atoms with Crippen LogP contribution in [0.15, 0.2) is 29.2 Å². The molecule has 3 nitrogen and oxygen atoms in total. The van der Waals surface area contributed by atoms with Crippen molar-refractivity contribution in [1.82, 2.24) is 0 Å². The summed E-state index contributed by atoms with van der Waals surface area (Å²) in [6.07, 6.45) is 0. The minimum absolute atomic E-state index is 0.215. The van der Waals surface area contributed by atoms with E-state index in [0.717, 1.165) is 0 Å². The molecule has 1 rings (SSSR count). The van der Waals surface area contributed by atoms with Crippen LogP contribution in [0.2, 0.25) is 0 Å². The second-order valence-corrected chi connectivity index (χ2v) is 6.82. The maximum Gasteiger partial charge on any atom is 0.288 e. The monoisotopic (exact) mass is 331 g/mol. The van der Waals surface area contributed by atoms with Gasteiger partial charge in [-0.05, 0) is 24.3 Å². The number of halogens is 3. The second kappa shape index (κ2) is 5.83. The number of hydrogen-bond donors (Lipinski definition) is 1. The first-order valence-corrected chi connectivity index (χ1v) is 7.69. The average molecular weight is 332 g/mol. The van der Waals surface area contributed by atoms with E-state index in [2.05, 4.69) is 20.7 Å². The Kier molecular flexibility index (Phi) is 5.00. The lowest BCUT2D eigenvalue weighted by Gasteiger charge is -2.06. The summed E-state index contributed by atoms with van der Waals surface area (Å²) in [6, 6.07) is 5.74. The van der Waals surface area contributed by atoms with Gasteiger partial charge in [-0.3, -0.25) is 4.72 Å². The van der Waals surface area contributed by atoms with Crippen LogP contribution in [0.4, 0.5) is 14.5 Å². The van der Waals surface area contributed by atoms with Gasteiger partial charge in [0.05, 0.1) is 0 Å². The van der Waals surface area contributed by atoms with Gasteiger partial charge in [0.15, 0.2) is 0 Å². The van der Waals surface area contributed by atoms with Gasteiger partial charge in [-0.2, -0.15) is 8.78 Å². The number of thioether (sulfide) groups is 1. The number of sulfonamides is 1. The average Bonchev–Trinajstić information content (AvgIpc) is 2.20. The highest BCUT2D eigenvalue weighted by Crippen LogP contribution is 2.26. The van der Waals surface area contributed by atoms with E-state index >= 15 is 0 Å². The Morgan fingerprint density at radius 2 is 1.88 bits per heavy atom. The van der Waals surface area contributed by atoms with Gasteiger partial charge in [0, 0.05) is 10.6 Å². The van der Waals surface area contributed by atoms with Gasteiger partial charge in [0.25, 0.3) is 5.76 Å². The second-order valence-electron chi connectivity index (χ2n) is 2.73. The van der Waals surface area contributed by atoms with Crippen LogP contribution in [0.5, 0.6) is 0 Å². The molecular weight excluding hydrogens is 324 g/mol. The molecule has 0 spiro atoms. The molecule has 0 saturated carbocycles. The van der Waals surface area contributed by atoms with Crippen LogP contribution in [-0.4, -0.2) is 18.8 Å². The molecule has 0 aliphatic carbocycles. The molecule has 0 saturated heterocycles. The first kappa shape index (κ1) is 13.7. The van der Waals surface area contributed by atoms with Crippen molar-refractivity contribution < 1.29 is 17.2 Å². The summed E-state index contributed by atoms with van der Waals surface area (Å²) in [5.74, 6) is -2.48. The van der Waals surface area contributed by atoms with Crippen LogP contribution in [-0.2, 0) is 10.0 Å². The molecule has 1 N–H and O–H groups in total. The predicted octanol–water partition coefficient (Wildman–Crippen LogP) is 3.10. The summed E-state index contributed by atoms with van der Waals surface area (Å²) in [4.78, 5) is 0.386. The summed E-state index contributed by atoms with van der Waals surface area (Å²) >= 11 is 3.23. The van der Waals surface area contributed by atoms with Crippen molar-refractivity contribution in [2.24, 2.45) is 0 Å². The molecule has 1 aromatic carbocycles. The zero-order valence-electron chi connectivity index (χ0n) is 7.86. The Labute approximate surface area is 105 Å². The number of nitrogens with one attached hydrogen (secondary N) is 1. The summed E-state index contributed by atoms with van der Waals surface area (Å²) in [7, 11) is -3.40. The van der Waals surface area contributed by atoms with Crippen molar-refractivity contribution >= 4 is 43.4 Å². The quantitative estimate of drug-likeness (QED) is 0.666. The third kappa shape index (κ3) is 4.67. The van der Waals surface area contributed by atoms with Crippen LogP contribution in [0.1, 0.15) is 0 Å². The lowest BCUT2D eigenvalue weighted by molar-refractivity contribution is 0.252. The summed E-state index contributed by atoms with van der Waals surface area (Å²) in [5.41, 5.74) is 0.345. The van der Waals surface area contributed by atoms with Crippen molar-refractivity contribution in [1.29, 1.82) is 0 Å². The van der Waals surface area contributed by atoms with Crippen molar-refractivity contribution in [3.8, 4) is 0 Å². The lowest BCUT2D eigenvalue weighted by atomic mass is 10.3. The topological polar surface area (TPSA) is 46.2 Å². The van der Waals surface area contributed by atoms with E-state index in [-0.39, 0.29) is 4.66 Å². The van der Waals surface area contributed by atoms with Crippen molar-refractivity contribution in [2.45, 2.75) is 10.7 Å². The van der Waals surface area contributed by atoms with E-state index in [9.17, 15) is 17.2 Å². The first-order chi connectivity index (χ1) is 7.43. The van der Waals surface area contributed by atoms with Crippen molar-refractivity contribution in [3.63, 3.8) is 0 Å². The third-order valence-corrected chi connectivity index (χ3v) is 4.86. The Morgan fingerprint density at radius 3 is 2.31 bits per heavy atom. The zero-order valence-corrected chi connectivity index (χ0v) is 11.1.